The summed E-state index contributed by atoms with van der Waals surface area (Å²) in [6, 6.07) is 6.05. The normalized spacial score (nSPS) is 14.5. The summed E-state index contributed by atoms with van der Waals surface area (Å²) < 4.78 is 8.36. The van der Waals surface area contributed by atoms with Gasteiger partial charge in [-0.05, 0) is 50.5 Å². The maximum atomic E-state index is 13.4. The van der Waals surface area contributed by atoms with Gasteiger partial charge in [0.15, 0.2) is 10.8 Å². The summed E-state index contributed by atoms with van der Waals surface area (Å²) in [7, 11) is 0. The summed E-state index contributed by atoms with van der Waals surface area (Å²) >= 11 is 1.59. The van der Waals surface area contributed by atoms with E-state index in [-0.39, 0.29) is 18.3 Å². The first kappa shape index (κ1) is 23.7. The van der Waals surface area contributed by atoms with Crippen molar-refractivity contribution in [2.24, 2.45) is 0 Å². The van der Waals surface area contributed by atoms with Crippen molar-refractivity contribution in [3.05, 3.63) is 41.2 Å². The molecule has 1 aliphatic rings. The minimum atomic E-state index is -0.0855. The van der Waals surface area contributed by atoms with E-state index in [1.54, 1.807) is 22.1 Å². The van der Waals surface area contributed by atoms with E-state index >= 15 is 0 Å². The van der Waals surface area contributed by atoms with Gasteiger partial charge < -0.3 is 4.74 Å². The molecule has 0 saturated carbocycles. The third-order valence-electron chi connectivity index (χ3n) is 5.43. The molecule has 1 aliphatic heterocycles. The molecule has 2 aromatic heterocycles. The first-order valence-electron chi connectivity index (χ1n) is 10.6. The molecule has 1 fully saturated rings. The van der Waals surface area contributed by atoms with Crippen molar-refractivity contribution in [1.29, 1.82) is 0 Å². The fraction of sp³-hybridized carbons (Fsp3) is 0.500. The Balaban J connectivity index is 0.00000272. The predicted octanol–water partition coefficient (Wildman–Crippen LogP) is 3.92. The zero-order chi connectivity index (χ0) is 21.1. The first-order chi connectivity index (χ1) is 14.5. The third kappa shape index (κ3) is 5.44. The standard InChI is InChI=1S/C22H29N5O2S.ClH/c1-4-26-9-6-18(24-26)21(28)27(8-5-7-25-10-12-29-13-11-25)22-23-19-15-16(2)14-17(3)20(19)30-22;/h6,9,14-15H,4-5,7-8,10-13H2,1-3H3;1H. The van der Waals surface area contributed by atoms with E-state index in [1.807, 2.05) is 18.0 Å². The maximum Gasteiger partial charge on any atom is 0.280 e. The van der Waals surface area contributed by atoms with E-state index in [4.69, 9.17) is 9.72 Å². The molecule has 3 heterocycles. The number of morpholine rings is 1. The number of nitrogens with zero attached hydrogens (tertiary/aromatic N) is 5. The Morgan fingerprint density at radius 3 is 2.74 bits per heavy atom. The van der Waals surface area contributed by atoms with Gasteiger partial charge in [0.1, 0.15) is 0 Å². The molecule has 1 amide bonds. The lowest BCUT2D eigenvalue weighted by molar-refractivity contribution is 0.0376. The number of amides is 1. The second kappa shape index (κ2) is 10.5. The van der Waals surface area contributed by atoms with Crippen LogP contribution in [0.25, 0.3) is 10.2 Å². The quantitative estimate of drug-likeness (QED) is 0.531. The largest absolute Gasteiger partial charge is 0.379 e. The number of thiazole rings is 1. The average molecular weight is 464 g/mol. The number of carbonyl (C=O) groups is 1. The molecule has 0 radical (unpaired) electrons. The van der Waals surface area contributed by atoms with Crippen molar-refractivity contribution in [1.82, 2.24) is 19.7 Å². The van der Waals surface area contributed by atoms with Crippen LogP contribution in [0.4, 0.5) is 5.13 Å². The van der Waals surface area contributed by atoms with Crippen LogP contribution in [-0.4, -0.2) is 65.0 Å². The van der Waals surface area contributed by atoms with Crippen LogP contribution in [0.2, 0.25) is 0 Å². The fourth-order valence-corrected chi connectivity index (χ4v) is 4.87. The van der Waals surface area contributed by atoms with Crippen molar-refractivity contribution >= 4 is 45.0 Å². The maximum absolute atomic E-state index is 13.4. The van der Waals surface area contributed by atoms with Crippen LogP contribution in [0.15, 0.2) is 24.4 Å². The number of halogens is 1. The Hall–Kier alpha value is -2.00. The number of carbonyl (C=O) groups excluding carboxylic acids is 1. The van der Waals surface area contributed by atoms with Gasteiger partial charge in [0.2, 0.25) is 0 Å². The summed E-state index contributed by atoms with van der Waals surface area (Å²) in [4.78, 5) is 22.4. The molecular weight excluding hydrogens is 434 g/mol. The molecule has 3 aromatic rings. The number of anilines is 1. The van der Waals surface area contributed by atoms with Gasteiger partial charge in [-0.25, -0.2) is 4.98 Å². The summed E-state index contributed by atoms with van der Waals surface area (Å²) in [6.45, 7) is 12.0. The predicted molar refractivity (Wildman–Crippen MR) is 128 cm³/mol. The van der Waals surface area contributed by atoms with Gasteiger partial charge in [-0.1, -0.05) is 17.4 Å². The molecule has 1 saturated heterocycles. The van der Waals surface area contributed by atoms with E-state index in [1.165, 1.54) is 11.1 Å². The van der Waals surface area contributed by atoms with Crippen molar-refractivity contribution in [3.63, 3.8) is 0 Å². The number of hydrogen-bond acceptors (Lipinski definition) is 6. The lowest BCUT2D eigenvalue weighted by Gasteiger charge is -2.27. The SMILES string of the molecule is CCn1ccc(C(=O)N(CCCN2CCOCC2)c2nc3cc(C)cc(C)c3s2)n1.Cl. The lowest BCUT2D eigenvalue weighted by Crippen LogP contribution is -2.39. The molecule has 0 aliphatic carbocycles. The van der Waals surface area contributed by atoms with Crippen LogP contribution < -0.4 is 4.90 Å². The number of fused-ring (bicyclic) bond motifs is 1. The van der Waals surface area contributed by atoms with Gasteiger partial charge in [0, 0.05) is 38.9 Å². The lowest BCUT2D eigenvalue weighted by atomic mass is 10.1. The van der Waals surface area contributed by atoms with E-state index in [0.29, 0.717) is 12.2 Å². The Morgan fingerprint density at radius 2 is 2.03 bits per heavy atom. The molecule has 4 rings (SSSR count). The monoisotopic (exact) mass is 463 g/mol. The molecule has 0 unspecified atom stereocenters. The van der Waals surface area contributed by atoms with Crippen LogP contribution >= 0.6 is 23.7 Å². The molecule has 7 nitrogen and oxygen atoms in total. The molecule has 0 N–H and O–H groups in total. The molecule has 31 heavy (non-hydrogen) atoms. The van der Waals surface area contributed by atoms with Crippen LogP contribution in [0.3, 0.4) is 0 Å². The van der Waals surface area contributed by atoms with Crippen LogP contribution in [-0.2, 0) is 11.3 Å². The van der Waals surface area contributed by atoms with Gasteiger partial charge in [-0.15, -0.1) is 12.4 Å². The van der Waals surface area contributed by atoms with Gasteiger partial charge in [-0.2, -0.15) is 5.10 Å². The minimum Gasteiger partial charge on any atom is -0.379 e. The van der Waals surface area contributed by atoms with E-state index < -0.39 is 0 Å². The third-order valence-corrected chi connectivity index (χ3v) is 6.66. The Kier molecular flexibility index (Phi) is 8.05. The Labute approximate surface area is 193 Å². The molecule has 0 atom stereocenters. The highest BCUT2D eigenvalue weighted by atomic mass is 35.5. The van der Waals surface area contributed by atoms with Crippen molar-refractivity contribution in [2.45, 2.75) is 33.7 Å². The van der Waals surface area contributed by atoms with Gasteiger partial charge in [0.25, 0.3) is 5.91 Å². The fourth-order valence-electron chi connectivity index (χ4n) is 3.83. The molecule has 0 spiro atoms. The second-order valence-corrected chi connectivity index (χ2v) is 8.73. The summed E-state index contributed by atoms with van der Waals surface area (Å²) in [6.07, 6.45) is 2.74. The smallest absolute Gasteiger partial charge is 0.280 e. The Morgan fingerprint density at radius 1 is 1.26 bits per heavy atom. The highest BCUT2D eigenvalue weighted by molar-refractivity contribution is 7.22. The highest BCUT2D eigenvalue weighted by Gasteiger charge is 2.24. The van der Waals surface area contributed by atoms with Crippen LogP contribution in [0.1, 0.15) is 35.0 Å². The molecule has 168 valence electrons. The zero-order valence-electron chi connectivity index (χ0n) is 18.3. The van der Waals surface area contributed by atoms with Crippen LogP contribution in [0, 0.1) is 13.8 Å². The van der Waals surface area contributed by atoms with E-state index in [2.05, 4.69) is 36.0 Å². The summed E-state index contributed by atoms with van der Waals surface area (Å²) in [5.74, 6) is -0.0855. The van der Waals surface area contributed by atoms with Gasteiger partial charge in [-0.3, -0.25) is 19.3 Å². The topological polar surface area (TPSA) is 63.5 Å². The van der Waals surface area contributed by atoms with Crippen molar-refractivity contribution < 1.29 is 9.53 Å². The second-order valence-electron chi connectivity index (χ2n) is 7.75. The zero-order valence-corrected chi connectivity index (χ0v) is 20.0. The van der Waals surface area contributed by atoms with Crippen molar-refractivity contribution in [2.75, 3.05) is 44.3 Å². The summed E-state index contributed by atoms with van der Waals surface area (Å²) in [5, 5.41) is 5.18. The van der Waals surface area contributed by atoms with Gasteiger partial charge >= 0.3 is 0 Å². The van der Waals surface area contributed by atoms with Crippen molar-refractivity contribution in [3.8, 4) is 0 Å². The number of aryl methyl sites for hydroxylation is 3. The average Bonchev–Trinajstić information content (AvgIpc) is 3.39. The number of aromatic nitrogens is 3. The van der Waals surface area contributed by atoms with Crippen LogP contribution in [0.5, 0.6) is 0 Å². The number of ether oxygens (including phenoxy) is 1. The summed E-state index contributed by atoms with van der Waals surface area (Å²) in [5.41, 5.74) is 3.81. The minimum absolute atomic E-state index is 0. The molecular formula is C22H30ClN5O2S. The van der Waals surface area contributed by atoms with E-state index in [0.717, 1.165) is 61.2 Å². The molecule has 1 aromatic carbocycles. The molecule has 9 heteroatoms. The number of rotatable bonds is 7. The Bertz CT molecular complexity index is 1030. The number of hydrogen-bond donors (Lipinski definition) is 0. The van der Waals surface area contributed by atoms with Gasteiger partial charge in [0.05, 0.1) is 23.4 Å². The number of benzene rings is 1. The molecule has 0 bridgehead atoms. The first-order valence-corrected chi connectivity index (χ1v) is 11.4. The van der Waals surface area contributed by atoms with E-state index in [9.17, 15) is 4.79 Å². The highest BCUT2D eigenvalue weighted by Crippen LogP contribution is 2.32.